The van der Waals surface area contributed by atoms with Crippen molar-refractivity contribution in [2.24, 2.45) is 0 Å². The van der Waals surface area contributed by atoms with E-state index in [2.05, 4.69) is 15.4 Å². The second kappa shape index (κ2) is 4.88. The van der Waals surface area contributed by atoms with Crippen molar-refractivity contribution in [2.45, 2.75) is 0 Å². The number of amides is 1. The molecule has 1 amide bonds. The zero-order chi connectivity index (χ0) is 15.1. The van der Waals surface area contributed by atoms with Crippen LogP contribution in [0.15, 0.2) is 36.7 Å². The molecular formula is C14H9ClN4O3. The molecule has 0 saturated carbocycles. The molecule has 0 atom stereocenters. The molecule has 0 unspecified atom stereocenters. The summed E-state index contributed by atoms with van der Waals surface area (Å²) in [5.41, 5.74) is 1.10. The minimum atomic E-state index is -0.422. The summed E-state index contributed by atoms with van der Waals surface area (Å²) in [6.07, 6.45) is 3.26. The third kappa shape index (κ3) is 2.03. The van der Waals surface area contributed by atoms with E-state index < -0.39 is 5.91 Å². The number of nitrogens with one attached hydrogen (secondary N) is 1. The first-order valence-electron chi connectivity index (χ1n) is 6.42. The third-order valence-electron chi connectivity index (χ3n) is 3.18. The zero-order valence-electron chi connectivity index (χ0n) is 11.1. The molecular weight excluding hydrogens is 308 g/mol. The Morgan fingerprint density at radius 3 is 3.05 bits per heavy atom. The Labute approximate surface area is 129 Å². The van der Waals surface area contributed by atoms with Gasteiger partial charge >= 0.3 is 0 Å². The van der Waals surface area contributed by atoms with Gasteiger partial charge in [-0.15, -0.1) is 0 Å². The third-order valence-corrected chi connectivity index (χ3v) is 3.53. The van der Waals surface area contributed by atoms with Gasteiger partial charge in [0.05, 0.1) is 0 Å². The number of halogens is 1. The van der Waals surface area contributed by atoms with E-state index in [1.165, 1.54) is 4.52 Å². The first-order chi connectivity index (χ1) is 10.7. The van der Waals surface area contributed by atoms with E-state index in [4.69, 9.17) is 21.1 Å². The first kappa shape index (κ1) is 12.9. The van der Waals surface area contributed by atoms with E-state index in [0.29, 0.717) is 22.8 Å². The lowest BCUT2D eigenvalue weighted by Gasteiger charge is -2.04. The van der Waals surface area contributed by atoms with Crippen molar-refractivity contribution in [3.05, 3.63) is 47.4 Å². The number of carbonyl (C=O) groups excluding carboxylic acids is 1. The van der Waals surface area contributed by atoms with Crippen LogP contribution in [-0.2, 0) is 0 Å². The van der Waals surface area contributed by atoms with Crippen LogP contribution in [0, 0.1) is 0 Å². The van der Waals surface area contributed by atoms with E-state index >= 15 is 0 Å². The maximum atomic E-state index is 12.3. The standard InChI is InChI=1S/C14H9ClN4O3/c15-11-12(18-19-5-1-4-16-13(11)19)14(20)17-8-2-3-9-10(6-8)22-7-21-9/h1-6H,7H2,(H,17,20). The molecule has 8 heteroatoms. The van der Waals surface area contributed by atoms with Gasteiger partial charge < -0.3 is 14.8 Å². The SMILES string of the molecule is O=C(Nc1ccc2c(c1)OCO2)c1nn2cccnc2c1Cl. The molecule has 1 aliphatic heterocycles. The quantitative estimate of drug-likeness (QED) is 0.785. The van der Waals surface area contributed by atoms with E-state index in [0.717, 1.165) is 0 Å². The summed E-state index contributed by atoms with van der Waals surface area (Å²) in [5.74, 6) is 0.808. The molecule has 7 nitrogen and oxygen atoms in total. The van der Waals surface area contributed by atoms with Crippen molar-refractivity contribution >= 4 is 28.8 Å². The van der Waals surface area contributed by atoms with Gasteiger partial charge in [-0.3, -0.25) is 4.79 Å². The molecule has 0 saturated heterocycles. The molecule has 0 fully saturated rings. The largest absolute Gasteiger partial charge is 0.454 e. The minimum Gasteiger partial charge on any atom is -0.454 e. The van der Waals surface area contributed by atoms with Crippen LogP contribution >= 0.6 is 11.6 Å². The second-order valence-electron chi connectivity index (χ2n) is 4.57. The number of nitrogens with zero attached hydrogens (tertiary/aromatic N) is 3. The summed E-state index contributed by atoms with van der Waals surface area (Å²) in [4.78, 5) is 16.4. The van der Waals surface area contributed by atoms with Gasteiger partial charge in [0.15, 0.2) is 22.8 Å². The van der Waals surface area contributed by atoms with E-state index in [1.807, 2.05) is 0 Å². The highest BCUT2D eigenvalue weighted by Crippen LogP contribution is 2.34. The number of anilines is 1. The van der Waals surface area contributed by atoms with Crippen LogP contribution in [-0.4, -0.2) is 27.3 Å². The number of carbonyl (C=O) groups is 1. The summed E-state index contributed by atoms with van der Waals surface area (Å²) in [6.45, 7) is 0.177. The molecule has 4 rings (SSSR count). The number of hydrogen-bond acceptors (Lipinski definition) is 5. The van der Waals surface area contributed by atoms with Crippen LogP contribution in [0.25, 0.3) is 5.65 Å². The number of aromatic nitrogens is 3. The average Bonchev–Trinajstić information content (AvgIpc) is 3.12. The summed E-state index contributed by atoms with van der Waals surface area (Å²) in [5, 5.41) is 7.07. The molecule has 0 aliphatic carbocycles. The van der Waals surface area contributed by atoms with Gasteiger partial charge in [0.25, 0.3) is 5.91 Å². The summed E-state index contributed by atoms with van der Waals surface area (Å²) < 4.78 is 11.9. The van der Waals surface area contributed by atoms with Crippen molar-refractivity contribution < 1.29 is 14.3 Å². The maximum Gasteiger partial charge on any atom is 0.277 e. The Kier molecular flexibility index (Phi) is 2.87. The monoisotopic (exact) mass is 316 g/mol. The Balaban J connectivity index is 1.65. The maximum absolute atomic E-state index is 12.3. The van der Waals surface area contributed by atoms with Crippen molar-refractivity contribution in [1.29, 1.82) is 0 Å². The van der Waals surface area contributed by atoms with Gasteiger partial charge in [0.2, 0.25) is 6.79 Å². The molecule has 0 spiro atoms. The molecule has 2 aromatic heterocycles. The van der Waals surface area contributed by atoms with Gasteiger partial charge in [-0.25, -0.2) is 9.50 Å². The molecule has 1 aromatic carbocycles. The smallest absolute Gasteiger partial charge is 0.277 e. The summed E-state index contributed by atoms with van der Waals surface area (Å²) >= 11 is 6.16. The number of hydrogen-bond donors (Lipinski definition) is 1. The highest BCUT2D eigenvalue weighted by molar-refractivity contribution is 6.37. The summed E-state index contributed by atoms with van der Waals surface area (Å²) in [6, 6.07) is 6.83. The van der Waals surface area contributed by atoms with Gasteiger partial charge in [0, 0.05) is 24.1 Å². The van der Waals surface area contributed by atoms with E-state index in [1.54, 1.807) is 36.7 Å². The Morgan fingerprint density at radius 1 is 1.32 bits per heavy atom. The van der Waals surface area contributed by atoms with Crippen molar-refractivity contribution in [2.75, 3.05) is 12.1 Å². The highest BCUT2D eigenvalue weighted by atomic mass is 35.5. The fourth-order valence-electron chi connectivity index (χ4n) is 2.17. The molecule has 1 N–H and O–H groups in total. The van der Waals surface area contributed by atoms with Crippen LogP contribution in [0.5, 0.6) is 11.5 Å². The van der Waals surface area contributed by atoms with Crippen LogP contribution < -0.4 is 14.8 Å². The van der Waals surface area contributed by atoms with Crippen molar-refractivity contribution in [3.8, 4) is 11.5 Å². The van der Waals surface area contributed by atoms with E-state index in [9.17, 15) is 4.79 Å². The molecule has 3 heterocycles. The number of benzene rings is 1. The lowest BCUT2D eigenvalue weighted by Crippen LogP contribution is -2.13. The topological polar surface area (TPSA) is 77.8 Å². The molecule has 22 heavy (non-hydrogen) atoms. The minimum absolute atomic E-state index is 0.109. The predicted molar refractivity (Wildman–Crippen MR) is 78.5 cm³/mol. The number of ether oxygens (including phenoxy) is 2. The lowest BCUT2D eigenvalue weighted by atomic mass is 10.2. The Morgan fingerprint density at radius 2 is 2.18 bits per heavy atom. The van der Waals surface area contributed by atoms with Gasteiger partial charge in [0.1, 0.15) is 5.02 Å². The molecule has 0 bridgehead atoms. The first-order valence-corrected chi connectivity index (χ1v) is 6.80. The predicted octanol–water partition coefficient (Wildman–Crippen LogP) is 2.36. The summed E-state index contributed by atoms with van der Waals surface area (Å²) in [7, 11) is 0. The Bertz CT molecular complexity index is 893. The Hall–Kier alpha value is -2.80. The van der Waals surface area contributed by atoms with Crippen LogP contribution in [0.4, 0.5) is 5.69 Å². The molecule has 1 aliphatic rings. The van der Waals surface area contributed by atoms with Crippen LogP contribution in [0.3, 0.4) is 0 Å². The van der Waals surface area contributed by atoms with Crippen LogP contribution in [0.1, 0.15) is 10.5 Å². The fraction of sp³-hybridized carbons (Fsp3) is 0.0714. The number of fused-ring (bicyclic) bond motifs is 2. The zero-order valence-corrected chi connectivity index (χ0v) is 11.9. The molecule has 110 valence electrons. The molecule has 0 radical (unpaired) electrons. The molecule has 3 aromatic rings. The van der Waals surface area contributed by atoms with Crippen molar-refractivity contribution in [3.63, 3.8) is 0 Å². The second-order valence-corrected chi connectivity index (χ2v) is 4.95. The van der Waals surface area contributed by atoms with Crippen LogP contribution in [0.2, 0.25) is 5.02 Å². The average molecular weight is 317 g/mol. The lowest BCUT2D eigenvalue weighted by molar-refractivity contribution is 0.102. The number of rotatable bonds is 2. The van der Waals surface area contributed by atoms with E-state index in [-0.39, 0.29) is 17.5 Å². The van der Waals surface area contributed by atoms with Gasteiger partial charge in [-0.1, -0.05) is 11.6 Å². The normalized spacial score (nSPS) is 12.6. The highest BCUT2D eigenvalue weighted by Gasteiger charge is 2.20. The van der Waals surface area contributed by atoms with Gasteiger partial charge in [-0.05, 0) is 18.2 Å². The fourth-order valence-corrected chi connectivity index (χ4v) is 2.43. The van der Waals surface area contributed by atoms with Gasteiger partial charge in [-0.2, -0.15) is 5.10 Å². The van der Waals surface area contributed by atoms with Crippen molar-refractivity contribution in [1.82, 2.24) is 14.6 Å².